The van der Waals surface area contributed by atoms with Gasteiger partial charge in [-0.2, -0.15) is 11.8 Å². The molecule has 1 N–H and O–H groups in total. The lowest BCUT2D eigenvalue weighted by Crippen LogP contribution is -2.39. The Morgan fingerprint density at radius 2 is 2.21 bits per heavy atom. The molecule has 0 aromatic heterocycles. The van der Waals surface area contributed by atoms with E-state index in [2.05, 4.69) is 12.2 Å². The molecule has 2 saturated heterocycles. The summed E-state index contributed by atoms with van der Waals surface area (Å²) >= 11 is 2.00. The molecule has 2 heterocycles. The van der Waals surface area contributed by atoms with Gasteiger partial charge >= 0.3 is 0 Å². The molecule has 0 aliphatic carbocycles. The minimum absolute atomic E-state index is 0.165. The molecule has 0 unspecified atom stereocenters. The minimum Gasteiger partial charge on any atom is -0.352 e. The highest BCUT2D eigenvalue weighted by atomic mass is 32.2. The van der Waals surface area contributed by atoms with Gasteiger partial charge in [0, 0.05) is 41.2 Å². The number of thioether (sulfide) groups is 1. The Kier molecular flexibility index (Phi) is 4.59. The zero-order valence-corrected chi connectivity index (χ0v) is 13.0. The summed E-state index contributed by atoms with van der Waals surface area (Å²) in [5, 5.41) is 3.69. The summed E-state index contributed by atoms with van der Waals surface area (Å²) in [6.07, 6.45) is 4.61. The first kappa shape index (κ1) is 14.9. The summed E-state index contributed by atoms with van der Waals surface area (Å²) in [6, 6.07) is 0.353. The smallest absolute Gasteiger partial charge is 0.220 e. The van der Waals surface area contributed by atoms with Gasteiger partial charge in [-0.3, -0.25) is 9.59 Å². The molecule has 2 fully saturated rings. The van der Waals surface area contributed by atoms with E-state index in [1.54, 1.807) is 0 Å². The first-order valence-electron chi connectivity index (χ1n) is 7.36. The third-order valence-corrected chi connectivity index (χ3v) is 6.20. The van der Waals surface area contributed by atoms with E-state index in [1.807, 2.05) is 25.6 Å². The normalized spacial score (nSPS) is 33.6. The van der Waals surface area contributed by atoms with Gasteiger partial charge in [-0.1, -0.05) is 27.2 Å². The fourth-order valence-corrected chi connectivity index (χ4v) is 4.93. The van der Waals surface area contributed by atoms with Crippen LogP contribution in [0.2, 0.25) is 0 Å². The van der Waals surface area contributed by atoms with Crippen molar-refractivity contribution in [1.82, 2.24) is 5.32 Å². The molecule has 2 aliphatic heterocycles. The Balaban J connectivity index is 1.73. The van der Waals surface area contributed by atoms with Crippen molar-refractivity contribution in [1.29, 1.82) is 0 Å². The van der Waals surface area contributed by atoms with Crippen molar-refractivity contribution in [2.75, 3.05) is 5.75 Å². The molecule has 0 aromatic carbocycles. The SMILES string of the molecule is CC(C)C(=O)CCCC[C@@H]1SC[C@]2(C)CC(=O)N[C@H]12. The number of carbonyl (C=O) groups is 2. The monoisotopic (exact) mass is 283 g/mol. The van der Waals surface area contributed by atoms with E-state index < -0.39 is 0 Å². The Morgan fingerprint density at radius 3 is 2.89 bits per heavy atom. The summed E-state index contributed by atoms with van der Waals surface area (Å²) < 4.78 is 0. The maximum atomic E-state index is 11.6. The second kappa shape index (κ2) is 5.86. The number of fused-ring (bicyclic) bond motifs is 1. The van der Waals surface area contributed by atoms with E-state index in [9.17, 15) is 9.59 Å². The molecule has 0 spiro atoms. The molecule has 1 amide bonds. The number of ketones is 1. The summed E-state index contributed by atoms with van der Waals surface area (Å²) in [4.78, 5) is 23.1. The van der Waals surface area contributed by atoms with E-state index in [1.165, 1.54) is 0 Å². The van der Waals surface area contributed by atoms with Gasteiger partial charge in [0.15, 0.2) is 0 Å². The Bertz CT molecular complexity index is 369. The average molecular weight is 283 g/mol. The van der Waals surface area contributed by atoms with Gasteiger partial charge in [0.2, 0.25) is 5.91 Å². The lowest BCUT2D eigenvalue weighted by Gasteiger charge is -2.24. The highest BCUT2D eigenvalue weighted by Crippen LogP contribution is 2.48. The van der Waals surface area contributed by atoms with Crippen LogP contribution in [0.3, 0.4) is 0 Å². The second-order valence-corrected chi connectivity index (χ2v) is 7.82. The van der Waals surface area contributed by atoms with Crippen LogP contribution in [0.5, 0.6) is 0 Å². The molecule has 0 radical (unpaired) electrons. The van der Waals surface area contributed by atoms with Crippen LogP contribution in [0.15, 0.2) is 0 Å². The lowest BCUT2D eigenvalue weighted by atomic mass is 9.82. The molecule has 0 saturated carbocycles. The number of Topliss-reactive ketones (excluding diaryl/α,β-unsaturated/α-hetero) is 1. The molecular weight excluding hydrogens is 258 g/mol. The van der Waals surface area contributed by atoms with Crippen LogP contribution in [0.4, 0.5) is 0 Å². The van der Waals surface area contributed by atoms with Crippen molar-refractivity contribution in [3.63, 3.8) is 0 Å². The molecule has 3 nitrogen and oxygen atoms in total. The number of amides is 1. The molecule has 0 bridgehead atoms. The van der Waals surface area contributed by atoms with Crippen LogP contribution in [0.1, 0.15) is 52.9 Å². The Labute approximate surface area is 120 Å². The van der Waals surface area contributed by atoms with Crippen LogP contribution in [0, 0.1) is 11.3 Å². The van der Waals surface area contributed by atoms with Crippen LogP contribution >= 0.6 is 11.8 Å². The van der Waals surface area contributed by atoms with Crippen LogP contribution in [-0.4, -0.2) is 28.7 Å². The zero-order valence-electron chi connectivity index (χ0n) is 12.2. The summed E-state index contributed by atoms with van der Waals surface area (Å²) in [7, 11) is 0. The number of hydrogen-bond donors (Lipinski definition) is 1. The first-order chi connectivity index (χ1) is 8.92. The second-order valence-electron chi connectivity index (χ2n) is 6.59. The maximum absolute atomic E-state index is 11.6. The quantitative estimate of drug-likeness (QED) is 0.762. The van der Waals surface area contributed by atoms with E-state index in [0.717, 1.165) is 25.0 Å². The topological polar surface area (TPSA) is 46.2 Å². The van der Waals surface area contributed by atoms with Crippen LogP contribution in [0.25, 0.3) is 0 Å². The van der Waals surface area contributed by atoms with Gasteiger partial charge in [0.25, 0.3) is 0 Å². The van der Waals surface area contributed by atoms with Gasteiger partial charge in [-0.15, -0.1) is 0 Å². The van der Waals surface area contributed by atoms with Crippen molar-refractivity contribution >= 4 is 23.5 Å². The highest BCUT2D eigenvalue weighted by molar-refractivity contribution is 8.00. The number of nitrogens with one attached hydrogen (secondary N) is 1. The third-order valence-electron chi connectivity index (χ3n) is 4.44. The summed E-state index contributed by atoms with van der Waals surface area (Å²) in [6.45, 7) is 6.16. The largest absolute Gasteiger partial charge is 0.352 e. The molecule has 4 heteroatoms. The van der Waals surface area contributed by atoms with Crippen LogP contribution < -0.4 is 5.32 Å². The summed E-state index contributed by atoms with van der Waals surface area (Å²) in [5.74, 6) is 1.84. The summed E-state index contributed by atoms with van der Waals surface area (Å²) in [5.41, 5.74) is 0.167. The number of rotatable bonds is 6. The predicted molar refractivity (Wildman–Crippen MR) is 79.2 cm³/mol. The molecular formula is C15H25NO2S. The van der Waals surface area contributed by atoms with Crippen molar-refractivity contribution < 1.29 is 9.59 Å². The first-order valence-corrected chi connectivity index (χ1v) is 8.41. The van der Waals surface area contributed by atoms with E-state index in [-0.39, 0.29) is 17.2 Å². The zero-order chi connectivity index (χ0) is 14.0. The fourth-order valence-electron chi connectivity index (χ4n) is 3.14. The van der Waals surface area contributed by atoms with Crippen molar-refractivity contribution in [2.45, 2.75) is 64.2 Å². The molecule has 0 aromatic rings. The van der Waals surface area contributed by atoms with E-state index in [4.69, 9.17) is 0 Å². The van der Waals surface area contributed by atoms with E-state index >= 15 is 0 Å². The predicted octanol–water partition coefficient (Wildman–Crippen LogP) is 2.78. The highest BCUT2D eigenvalue weighted by Gasteiger charge is 2.51. The maximum Gasteiger partial charge on any atom is 0.220 e. The minimum atomic E-state index is 0.165. The van der Waals surface area contributed by atoms with Gasteiger partial charge in [-0.25, -0.2) is 0 Å². The lowest BCUT2D eigenvalue weighted by molar-refractivity contribution is -0.122. The molecule has 108 valence electrons. The van der Waals surface area contributed by atoms with Crippen molar-refractivity contribution in [2.24, 2.45) is 11.3 Å². The molecule has 3 atom stereocenters. The van der Waals surface area contributed by atoms with Gasteiger partial charge < -0.3 is 5.32 Å². The van der Waals surface area contributed by atoms with Gasteiger partial charge in [-0.05, 0) is 12.8 Å². The molecule has 2 aliphatic rings. The number of carbonyl (C=O) groups excluding carboxylic acids is 2. The van der Waals surface area contributed by atoms with Gasteiger partial charge in [0.05, 0.1) is 0 Å². The van der Waals surface area contributed by atoms with Crippen molar-refractivity contribution in [3.8, 4) is 0 Å². The average Bonchev–Trinajstić information content (AvgIpc) is 2.77. The number of unbranched alkanes of at least 4 members (excludes halogenated alkanes) is 1. The van der Waals surface area contributed by atoms with Gasteiger partial charge in [0.1, 0.15) is 5.78 Å². The standard InChI is InChI=1S/C15H25NO2S/c1-10(2)11(17)6-4-5-7-12-14-15(3,9-19-12)8-13(18)16-14/h10,12,14H,4-9H2,1-3H3,(H,16,18)/t12-,14+,15-/m0/s1. The third kappa shape index (κ3) is 3.33. The number of hydrogen-bond acceptors (Lipinski definition) is 3. The van der Waals surface area contributed by atoms with Crippen molar-refractivity contribution in [3.05, 3.63) is 0 Å². The van der Waals surface area contributed by atoms with Crippen LogP contribution in [-0.2, 0) is 9.59 Å². The van der Waals surface area contributed by atoms with E-state index in [0.29, 0.717) is 29.9 Å². The molecule has 19 heavy (non-hydrogen) atoms. The Morgan fingerprint density at radius 1 is 1.47 bits per heavy atom. The fraction of sp³-hybridized carbons (Fsp3) is 0.867. The Hall–Kier alpha value is -0.510. The molecule has 2 rings (SSSR count).